The van der Waals surface area contributed by atoms with Gasteiger partial charge in [-0.25, -0.2) is 5.84 Å². The molecule has 0 fully saturated rings. The van der Waals surface area contributed by atoms with Crippen molar-refractivity contribution in [3.63, 3.8) is 0 Å². The Morgan fingerprint density at radius 2 is 2.29 bits per heavy atom. The lowest BCUT2D eigenvalue weighted by atomic mass is 10.1. The summed E-state index contributed by atoms with van der Waals surface area (Å²) in [5, 5.41) is 0.504. The Morgan fingerprint density at radius 1 is 1.59 bits per heavy atom. The second-order valence-electron chi connectivity index (χ2n) is 3.52. The number of amides is 1. The first-order chi connectivity index (χ1) is 8.08. The van der Waals surface area contributed by atoms with Crippen LogP contribution in [0.25, 0.3) is 0 Å². The van der Waals surface area contributed by atoms with Gasteiger partial charge in [0.2, 0.25) is 0 Å². The van der Waals surface area contributed by atoms with Crippen molar-refractivity contribution in [3.8, 4) is 5.75 Å². The van der Waals surface area contributed by atoms with Gasteiger partial charge in [-0.2, -0.15) is 0 Å². The summed E-state index contributed by atoms with van der Waals surface area (Å²) in [6.07, 6.45) is 0.370. The number of ether oxygens (including phenoxy) is 1. The normalized spacial score (nSPS) is 12.0. The predicted molar refractivity (Wildman–Crippen MR) is 66.6 cm³/mol. The van der Waals surface area contributed by atoms with E-state index in [1.807, 2.05) is 18.4 Å². The average Bonchev–Trinajstić information content (AvgIpc) is 2.31. The topological polar surface area (TPSA) is 90.4 Å². The average molecular weight is 258 g/mol. The van der Waals surface area contributed by atoms with E-state index in [0.717, 1.165) is 5.56 Å². The second kappa shape index (κ2) is 6.44. The number of rotatable bonds is 5. The molecule has 17 heavy (non-hydrogen) atoms. The fourth-order valence-electron chi connectivity index (χ4n) is 1.40. The van der Waals surface area contributed by atoms with E-state index in [1.54, 1.807) is 12.1 Å². The Bertz CT molecular complexity index is 398. The Hall–Kier alpha value is -1.30. The van der Waals surface area contributed by atoms with Crippen molar-refractivity contribution in [2.75, 3.05) is 6.61 Å². The van der Waals surface area contributed by atoms with Crippen molar-refractivity contribution in [2.24, 2.45) is 11.6 Å². The summed E-state index contributed by atoms with van der Waals surface area (Å²) in [5.41, 5.74) is 8.51. The number of benzene rings is 1. The van der Waals surface area contributed by atoms with Crippen LogP contribution in [0.3, 0.4) is 0 Å². The molecule has 0 bridgehead atoms. The maximum atomic E-state index is 11.2. The number of hydrogen-bond acceptors (Lipinski definition) is 4. The van der Waals surface area contributed by atoms with Crippen molar-refractivity contribution in [1.29, 1.82) is 0 Å². The number of hydrogen-bond donors (Lipinski definition) is 3. The van der Waals surface area contributed by atoms with Crippen LogP contribution in [0.1, 0.15) is 12.5 Å². The minimum absolute atomic E-state index is 0.370. The highest BCUT2D eigenvalue weighted by molar-refractivity contribution is 6.32. The number of nitrogens with two attached hydrogens (primary N) is 2. The van der Waals surface area contributed by atoms with Crippen LogP contribution >= 0.6 is 11.6 Å². The monoisotopic (exact) mass is 257 g/mol. The third-order valence-electron chi connectivity index (χ3n) is 2.23. The lowest BCUT2D eigenvalue weighted by Crippen LogP contribution is -2.45. The fourth-order valence-corrected chi connectivity index (χ4v) is 1.66. The summed E-state index contributed by atoms with van der Waals surface area (Å²) >= 11 is 6.01. The number of hydrazine groups is 1. The Labute approximate surface area is 105 Å². The Balaban J connectivity index is 2.73. The van der Waals surface area contributed by atoms with E-state index < -0.39 is 11.9 Å². The van der Waals surface area contributed by atoms with Crippen molar-refractivity contribution >= 4 is 17.5 Å². The molecular weight excluding hydrogens is 242 g/mol. The van der Waals surface area contributed by atoms with Crippen molar-refractivity contribution in [3.05, 3.63) is 28.8 Å². The molecule has 0 saturated heterocycles. The molecule has 0 heterocycles. The summed E-state index contributed by atoms with van der Waals surface area (Å²) in [7, 11) is 0. The minimum Gasteiger partial charge on any atom is -0.492 e. The highest BCUT2D eigenvalue weighted by atomic mass is 35.5. The molecule has 1 rings (SSSR count). The molecule has 0 saturated carbocycles. The van der Waals surface area contributed by atoms with E-state index in [1.165, 1.54) is 0 Å². The first kappa shape index (κ1) is 13.8. The van der Waals surface area contributed by atoms with Crippen molar-refractivity contribution < 1.29 is 9.53 Å². The standard InChI is InChI=1S/C11H16ClN3O2/c1-2-17-10-4-3-7(5-8(10)12)6-9(13)11(16)15-14/h3-5,9H,2,6,13-14H2,1H3,(H,15,16). The molecule has 6 heteroatoms. The van der Waals surface area contributed by atoms with Crippen LogP contribution in [0.15, 0.2) is 18.2 Å². The zero-order chi connectivity index (χ0) is 12.8. The van der Waals surface area contributed by atoms with E-state index in [0.29, 0.717) is 23.8 Å². The van der Waals surface area contributed by atoms with Crippen LogP contribution in [-0.2, 0) is 11.2 Å². The summed E-state index contributed by atoms with van der Waals surface area (Å²) in [5.74, 6) is 5.21. The quantitative estimate of drug-likeness (QED) is 0.409. The molecule has 1 aromatic carbocycles. The zero-order valence-corrected chi connectivity index (χ0v) is 10.3. The van der Waals surface area contributed by atoms with Crippen LogP contribution in [0.2, 0.25) is 5.02 Å². The van der Waals surface area contributed by atoms with E-state index in [4.69, 9.17) is 27.9 Å². The first-order valence-corrected chi connectivity index (χ1v) is 5.63. The predicted octanol–water partition coefficient (Wildman–Crippen LogP) is 0.598. The maximum absolute atomic E-state index is 11.2. The molecule has 0 aliphatic heterocycles. The maximum Gasteiger partial charge on any atom is 0.251 e. The SMILES string of the molecule is CCOc1ccc(CC(N)C(=O)NN)cc1Cl. The molecule has 0 aromatic heterocycles. The van der Waals surface area contributed by atoms with Gasteiger partial charge in [-0.15, -0.1) is 0 Å². The van der Waals surface area contributed by atoms with Crippen LogP contribution in [-0.4, -0.2) is 18.6 Å². The van der Waals surface area contributed by atoms with Gasteiger partial charge in [0.25, 0.3) is 5.91 Å². The van der Waals surface area contributed by atoms with Crippen LogP contribution in [0.5, 0.6) is 5.75 Å². The summed E-state index contributed by atoms with van der Waals surface area (Å²) in [4.78, 5) is 11.2. The molecule has 1 amide bonds. The molecule has 1 atom stereocenters. The molecular formula is C11H16ClN3O2. The van der Waals surface area contributed by atoms with E-state index in [9.17, 15) is 4.79 Å². The van der Waals surface area contributed by atoms with Crippen molar-refractivity contribution in [2.45, 2.75) is 19.4 Å². The third-order valence-corrected chi connectivity index (χ3v) is 2.53. The van der Waals surface area contributed by atoms with Gasteiger partial charge < -0.3 is 10.5 Å². The van der Waals surface area contributed by atoms with Crippen LogP contribution in [0.4, 0.5) is 0 Å². The lowest BCUT2D eigenvalue weighted by molar-refractivity contribution is -0.122. The van der Waals surface area contributed by atoms with Gasteiger partial charge in [-0.05, 0) is 31.0 Å². The van der Waals surface area contributed by atoms with E-state index in [2.05, 4.69) is 0 Å². The van der Waals surface area contributed by atoms with Gasteiger partial charge in [0.05, 0.1) is 17.7 Å². The lowest BCUT2D eigenvalue weighted by Gasteiger charge is -2.11. The molecule has 1 aromatic rings. The second-order valence-corrected chi connectivity index (χ2v) is 3.92. The summed E-state index contributed by atoms with van der Waals surface area (Å²) < 4.78 is 5.30. The largest absolute Gasteiger partial charge is 0.492 e. The highest BCUT2D eigenvalue weighted by Gasteiger charge is 2.13. The molecule has 1 unspecified atom stereocenters. The van der Waals surface area contributed by atoms with E-state index in [-0.39, 0.29) is 0 Å². The van der Waals surface area contributed by atoms with E-state index >= 15 is 0 Å². The summed E-state index contributed by atoms with van der Waals surface area (Å²) in [6.45, 7) is 2.43. The first-order valence-electron chi connectivity index (χ1n) is 5.25. The fraction of sp³-hybridized carbons (Fsp3) is 0.364. The Morgan fingerprint density at radius 3 is 2.82 bits per heavy atom. The molecule has 5 nitrogen and oxygen atoms in total. The summed E-state index contributed by atoms with van der Waals surface area (Å²) in [6, 6.07) is 4.62. The molecule has 0 radical (unpaired) electrons. The van der Waals surface area contributed by atoms with Gasteiger partial charge in [0, 0.05) is 0 Å². The third kappa shape index (κ3) is 3.89. The number of halogens is 1. The van der Waals surface area contributed by atoms with Crippen LogP contribution < -0.4 is 21.7 Å². The molecule has 5 N–H and O–H groups in total. The number of carbonyl (C=O) groups is 1. The smallest absolute Gasteiger partial charge is 0.251 e. The number of nitrogens with one attached hydrogen (secondary N) is 1. The Kier molecular flexibility index (Phi) is 5.21. The molecule has 0 aliphatic carbocycles. The van der Waals surface area contributed by atoms with Gasteiger partial charge in [0.1, 0.15) is 5.75 Å². The number of carbonyl (C=O) groups excluding carboxylic acids is 1. The van der Waals surface area contributed by atoms with Crippen molar-refractivity contribution in [1.82, 2.24) is 5.43 Å². The van der Waals surface area contributed by atoms with Gasteiger partial charge in [0.15, 0.2) is 0 Å². The van der Waals surface area contributed by atoms with Crippen LogP contribution in [0, 0.1) is 0 Å². The molecule has 94 valence electrons. The van der Waals surface area contributed by atoms with Gasteiger partial charge >= 0.3 is 0 Å². The molecule has 0 aliphatic rings. The zero-order valence-electron chi connectivity index (χ0n) is 9.57. The van der Waals surface area contributed by atoms with Gasteiger partial charge in [-0.3, -0.25) is 10.2 Å². The minimum atomic E-state index is -0.686. The highest BCUT2D eigenvalue weighted by Crippen LogP contribution is 2.25. The molecule has 0 spiro atoms. The van der Waals surface area contributed by atoms with Gasteiger partial charge in [-0.1, -0.05) is 17.7 Å².